The van der Waals surface area contributed by atoms with Crippen LogP contribution in [0.2, 0.25) is 5.22 Å². The van der Waals surface area contributed by atoms with Gasteiger partial charge < -0.3 is 9.73 Å². The molecular formula is C15H18ClNO. The van der Waals surface area contributed by atoms with Gasteiger partial charge in [0.15, 0.2) is 5.22 Å². The van der Waals surface area contributed by atoms with Crippen LogP contribution in [-0.4, -0.2) is 6.54 Å². The van der Waals surface area contributed by atoms with E-state index < -0.39 is 0 Å². The Bertz CT molecular complexity index is 466. The SMILES string of the molecule is CCCNC(Cc1ccccc1)c1ccoc1Cl. The minimum absolute atomic E-state index is 0.207. The summed E-state index contributed by atoms with van der Waals surface area (Å²) in [5.41, 5.74) is 2.33. The molecule has 0 saturated carbocycles. The van der Waals surface area contributed by atoms with Gasteiger partial charge in [0.05, 0.1) is 6.26 Å². The molecule has 18 heavy (non-hydrogen) atoms. The molecular weight excluding hydrogens is 246 g/mol. The molecule has 2 nitrogen and oxygen atoms in total. The topological polar surface area (TPSA) is 25.2 Å². The number of hydrogen-bond acceptors (Lipinski definition) is 2. The third-order valence-electron chi connectivity index (χ3n) is 2.94. The van der Waals surface area contributed by atoms with Gasteiger partial charge in [-0.15, -0.1) is 0 Å². The Morgan fingerprint density at radius 2 is 2.00 bits per heavy atom. The molecule has 0 spiro atoms. The van der Waals surface area contributed by atoms with E-state index in [1.165, 1.54) is 5.56 Å². The van der Waals surface area contributed by atoms with E-state index in [0.29, 0.717) is 5.22 Å². The maximum absolute atomic E-state index is 6.07. The molecule has 3 heteroatoms. The summed E-state index contributed by atoms with van der Waals surface area (Å²) in [6, 6.07) is 12.6. The molecule has 0 aliphatic carbocycles. The van der Waals surface area contributed by atoms with Crippen LogP contribution in [0.15, 0.2) is 47.1 Å². The van der Waals surface area contributed by atoms with Crippen molar-refractivity contribution >= 4 is 11.6 Å². The van der Waals surface area contributed by atoms with Crippen molar-refractivity contribution in [3.8, 4) is 0 Å². The molecule has 1 unspecified atom stereocenters. The van der Waals surface area contributed by atoms with E-state index in [0.717, 1.165) is 24.9 Å². The minimum atomic E-state index is 0.207. The van der Waals surface area contributed by atoms with Crippen LogP contribution in [0.25, 0.3) is 0 Å². The molecule has 1 N–H and O–H groups in total. The Balaban J connectivity index is 2.13. The lowest BCUT2D eigenvalue weighted by atomic mass is 10.0. The molecule has 0 radical (unpaired) electrons. The standard InChI is InChI=1S/C15H18ClNO/c1-2-9-17-14(13-8-10-18-15(13)16)11-12-6-4-3-5-7-12/h3-8,10,14,17H,2,9,11H2,1H3. The Kier molecular flexibility index (Phi) is 4.85. The first-order valence-electron chi connectivity index (χ1n) is 6.31. The van der Waals surface area contributed by atoms with Crippen molar-refractivity contribution in [1.29, 1.82) is 0 Å². The number of hydrogen-bond donors (Lipinski definition) is 1. The molecule has 2 rings (SSSR count). The molecule has 0 aliphatic rings. The van der Waals surface area contributed by atoms with Crippen molar-refractivity contribution in [3.63, 3.8) is 0 Å². The zero-order valence-electron chi connectivity index (χ0n) is 10.5. The molecule has 1 aromatic heterocycles. The van der Waals surface area contributed by atoms with E-state index in [4.69, 9.17) is 16.0 Å². The fourth-order valence-electron chi connectivity index (χ4n) is 2.01. The quantitative estimate of drug-likeness (QED) is 0.844. The second kappa shape index (κ2) is 6.62. The first-order valence-corrected chi connectivity index (χ1v) is 6.69. The lowest BCUT2D eigenvalue weighted by molar-refractivity contribution is 0.513. The fourth-order valence-corrected chi connectivity index (χ4v) is 2.26. The van der Waals surface area contributed by atoms with Crippen molar-refractivity contribution in [2.75, 3.05) is 6.54 Å². The molecule has 0 saturated heterocycles. The predicted octanol–water partition coefficient (Wildman–Crippen LogP) is 4.22. The highest BCUT2D eigenvalue weighted by Gasteiger charge is 2.16. The van der Waals surface area contributed by atoms with Gasteiger partial charge in [0.25, 0.3) is 0 Å². The molecule has 1 heterocycles. The van der Waals surface area contributed by atoms with Gasteiger partial charge in [-0.3, -0.25) is 0 Å². The monoisotopic (exact) mass is 263 g/mol. The van der Waals surface area contributed by atoms with E-state index in [1.807, 2.05) is 12.1 Å². The highest BCUT2D eigenvalue weighted by Crippen LogP contribution is 2.26. The fraction of sp³-hybridized carbons (Fsp3) is 0.333. The van der Waals surface area contributed by atoms with Gasteiger partial charge in [0, 0.05) is 11.6 Å². The second-order valence-corrected chi connectivity index (χ2v) is 4.69. The van der Waals surface area contributed by atoms with Crippen LogP contribution in [0.5, 0.6) is 0 Å². The average molecular weight is 264 g/mol. The highest BCUT2D eigenvalue weighted by atomic mass is 35.5. The summed E-state index contributed by atoms with van der Waals surface area (Å²) < 4.78 is 5.19. The van der Waals surface area contributed by atoms with E-state index in [-0.39, 0.29) is 6.04 Å². The summed E-state index contributed by atoms with van der Waals surface area (Å²) in [5.74, 6) is 0. The highest BCUT2D eigenvalue weighted by molar-refractivity contribution is 6.29. The first-order chi connectivity index (χ1) is 8.81. The summed E-state index contributed by atoms with van der Waals surface area (Å²) in [6.07, 6.45) is 3.66. The van der Waals surface area contributed by atoms with Gasteiger partial charge in [0.1, 0.15) is 0 Å². The molecule has 1 aromatic carbocycles. The van der Waals surface area contributed by atoms with Gasteiger partial charge in [0.2, 0.25) is 0 Å². The van der Waals surface area contributed by atoms with Crippen LogP contribution in [0, 0.1) is 0 Å². The number of furan rings is 1. The Morgan fingerprint density at radius 1 is 1.22 bits per heavy atom. The lowest BCUT2D eigenvalue weighted by Gasteiger charge is -2.17. The second-order valence-electron chi connectivity index (χ2n) is 4.35. The Morgan fingerprint density at radius 3 is 2.61 bits per heavy atom. The summed E-state index contributed by atoms with van der Waals surface area (Å²) in [7, 11) is 0. The molecule has 0 bridgehead atoms. The van der Waals surface area contributed by atoms with E-state index in [9.17, 15) is 0 Å². The number of halogens is 1. The normalized spacial score (nSPS) is 12.6. The lowest BCUT2D eigenvalue weighted by Crippen LogP contribution is -2.23. The number of nitrogens with one attached hydrogen (secondary N) is 1. The molecule has 96 valence electrons. The first kappa shape index (κ1) is 13.2. The largest absolute Gasteiger partial charge is 0.453 e. The zero-order chi connectivity index (χ0) is 12.8. The van der Waals surface area contributed by atoms with Crippen molar-refractivity contribution in [2.45, 2.75) is 25.8 Å². The van der Waals surface area contributed by atoms with Crippen LogP contribution < -0.4 is 5.32 Å². The van der Waals surface area contributed by atoms with Crippen molar-refractivity contribution in [3.05, 3.63) is 59.0 Å². The summed E-state index contributed by atoms with van der Waals surface area (Å²) >= 11 is 6.07. The van der Waals surface area contributed by atoms with E-state index in [2.05, 4.69) is 36.5 Å². The molecule has 2 aromatic rings. The third kappa shape index (κ3) is 3.37. The number of rotatable bonds is 6. The van der Waals surface area contributed by atoms with Crippen LogP contribution in [0.1, 0.15) is 30.5 Å². The minimum Gasteiger partial charge on any atom is -0.453 e. The predicted molar refractivity (Wildman–Crippen MR) is 74.9 cm³/mol. The van der Waals surface area contributed by atoms with Gasteiger partial charge in [-0.25, -0.2) is 0 Å². The van der Waals surface area contributed by atoms with Gasteiger partial charge >= 0.3 is 0 Å². The van der Waals surface area contributed by atoms with Crippen molar-refractivity contribution < 1.29 is 4.42 Å². The van der Waals surface area contributed by atoms with Crippen LogP contribution >= 0.6 is 11.6 Å². The Hall–Kier alpha value is -1.25. The van der Waals surface area contributed by atoms with Crippen LogP contribution in [0.3, 0.4) is 0 Å². The van der Waals surface area contributed by atoms with E-state index in [1.54, 1.807) is 6.26 Å². The van der Waals surface area contributed by atoms with Gasteiger partial charge in [-0.1, -0.05) is 37.3 Å². The van der Waals surface area contributed by atoms with Gasteiger partial charge in [-0.2, -0.15) is 0 Å². The molecule has 1 atom stereocenters. The van der Waals surface area contributed by atoms with E-state index >= 15 is 0 Å². The van der Waals surface area contributed by atoms with Crippen molar-refractivity contribution in [2.24, 2.45) is 0 Å². The van der Waals surface area contributed by atoms with Gasteiger partial charge in [-0.05, 0) is 42.6 Å². The zero-order valence-corrected chi connectivity index (χ0v) is 11.3. The smallest absolute Gasteiger partial charge is 0.197 e. The molecule has 0 fully saturated rings. The summed E-state index contributed by atoms with van der Waals surface area (Å²) in [6.45, 7) is 3.13. The maximum atomic E-state index is 6.07. The molecule has 0 amide bonds. The van der Waals surface area contributed by atoms with Crippen LogP contribution in [0.4, 0.5) is 0 Å². The molecule has 0 aliphatic heterocycles. The average Bonchev–Trinajstić information content (AvgIpc) is 2.82. The summed E-state index contributed by atoms with van der Waals surface area (Å²) in [5, 5.41) is 4.00. The third-order valence-corrected chi connectivity index (χ3v) is 3.25. The van der Waals surface area contributed by atoms with Crippen molar-refractivity contribution in [1.82, 2.24) is 5.32 Å². The summed E-state index contributed by atoms with van der Waals surface area (Å²) in [4.78, 5) is 0. The number of benzene rings is 1. The van der Waals surface area contributed by atoms with Crippen LogP contribution in [-0.2, 0) is 6.42 Å². The maximum Gasteiger partial charge on any atom is 0.197 e. The Labute approximate surface area is 113 Å².